The Morgan fingerprint density at radius 3 is 3.00 bits per heavy atom. The van der Waals surface area contributed by atoms with Gasteiger partial charge in [-0.05, 0) is 37.0 Å². The molecule has 0 aromatic carbocycles. The summed E-state index contributed by atoms with van der Waals surface area (Å²) in [5, 5.41) is 0. The normalized spacial score (nSPS) is 41.9. The molecule has 0 radical (unpaired) electrons. The van der Waals surface area contributed by atoms with Crippen molar-refractivity contribution in [2.75, 3.05) is 0 Å². The number of rotatable bonds is 0. The zero-order chi connectivity index (χ0) is 8.44. The maximum absolute atomic E-state index is 2.51. The molecule has 2 rings (SSSR count). The summed E-state index contributed by atoms with van der Waals surface area (Å²) in [7, 11) is 0. The fourth-order valence-corrected chi connectivity index (χ4v) is 2.93. The largest absolute Gasteiger partial charge is 0.0882 e. The number of hydrogen-bond donors (Lipinski definition) is 0. The van der Waals surface area contributed by atoms with Crippen molar-refractivity contribution in [3.8, 4) is 0 Å². The zero-order valence-corrected chi connectivity index (χ0v) is 8.18. The minimum Gasteiger partial charge on any atom is -0.0882 e. The monoisotopic (exact) mass is 164 g/mol. The molecule has 0 heterocycles. The van der Waals surface area contributed by atoms with Crippen LogP contribution in [0.5, 0.6) is 0 Å². The molecule has 0 spiro atoms. The summed E-state index contributed by atoms with van der Waals surface area (Å²) in [6.45, 7) is 2.51. The van der Waals surface area contributed by atoms with Gasteiger partial charge in [-0.25, -0.2) is 0 Å². The van der Waals surface area contributed by atoms with Crippen molar-refractivity contribution in [3.05, 3.63) is 12.2 Å². The minimum absolute atomic E-state index is 0.672. The lowest BCUT2D eigenvalue weighted by Crippen LogP contribution is -2.27. The van der Waals surface area contributed by atoms with Gasteiger partial charge in [0, 0.05) is 0 Å². The van der Waals surface area contributed by atoms with E-state index in [1.54, 1.807) is 0 Å². The molecular formula is C12H20. The summed E-state index contributed by atoms with van der Waals surface area (Å²) in [4.78, 5) is 0. The molecule has 0 bridgehead atoms. The molecule has 2 atom stereocenters. The first-order valence-corrected chi connectivity index (χ1v) is 5.46. The molecule has 0 heteroatoms. The van der Waals surface area contributed by atoms with Gasteiger partial charge >= 0.3 is 0 Å². The van der Waals surface area contributed by atoms with E-state index in [0.717, 1.165) is 5.92 Å². The third-order valence-corrected chi connectivity index (χ3v) is 3.96. The van der Waals surface area contributed by atoms with Crippen LogP contribution in [0.1, 0.15) is 51.9 Å². The van der Waals surface area contributed by atoms with Crippen LogP contribution in [0.3, 0.4) is 0 Å². The number of fused-ring (bicyclic) bond motifs is 1. The van der Waals surface area contributed by atoms with E-state index in [4.69, 9.17) is 0 Å². The van der Waals surface area contributed by atoms with Gasteiger partial charge in [-0.15, -0.1) is 0 Å². The lowest BCUT2D eigenvalue weighted by molar-refractivity contribution is 0.165. The van der Waals surface area contributed by atoms with Gasteiger partial charge in [0.05, 0.1) is 0 Å². The van der Waals surface area contributed by atoms with E-state index >= 15 is 0 Å². The smallest absolute Gasteiger partial charge is 0.0260 e. The van der Waals surface area contributed by atoms with Crippen LogP contribution < -0.4 is 0 Å². The van der Waals surface area contributed by atoms with Crippen LogP contribution in [0.25, 0.3) is 0 Å². The fourth-order valence-electron chi connectivity index (χ4n) is 2.93. The average Bonchev–Trinajstić information content (AvgIpc) is 2.25. The molecule has 0 nitrogen and oxygen atoms in total. The average molecular weight is 164 g/mol. The van der Waals surface area contributed by atoms with E-state index in [0.29, 0.717) is 5.41 Å². The van der Waals surface area contributed by atoms with Gasteiger partial charge in [0.2, 0.25) is 0 Å². The quantitative estimate of drug-likeness (QED) is 0.476. The molecular weight excluding hydrogens is 144 g/mol. The van der Waals surface area contributed by atoms with Crippen molar-refractivity contribution in [1.29, 1.82) is 0 Å². The molecule has 0 aliphatic heterocycles. The molecule has 68 valence electrons. The predicted molar refractivity (Wildman–Crippen MR) is 53.1 cm³/mol. The Balaban J connectivity index is 2.14. The standard InChI is InChI=1S/C12H20/c1-12-9-5-2-3-7-11(12)8-4-6-10-12/h4,6,11H,2-3,5,7-10H2,1H3. The van der Waals surface area contributed by atoms with Crippen LogP contribution in [-0.4, -0.2) is 0 Å². The third-order valence-electron chi connectivity index (χ3n) is 3.96. The second kappa shape index (κ2) is 3.24. The summed E-state index contributed by atoms with van der Waals surface area (Å²) >= 11 is 0. The van der Waals surface area contributed by atoms with Crippen LogP contribution in [0, 0.1) is 11.3 Å². The van der Waals surface area contributed by atoms with Gasteiger partial charge in [-0.2, -0.15) is 0 Å². The molecule has 0 aromatic rings. The van der Waals surface area contributed by atoms with Crippen molar-refractivity contribution in [3.63, 3.8) is 0 Å². The second-order valence-electron chi connectivity index (χ2n) is 4.86. The Labute approximate surface area is 76.1 Å². The van der Waals surface area contributed by atoms with Crippen molar-refractivity contribution < 1.29 is 0 Å². The molecule has 0 amide bonds. The maximum atomic E-state index is 2.51. The van der Waals surface area contributed by atoms with Crippen molar-refractivity contribution in [1.82, 2.24) is 0 Å². The number of allylic oxidation sites excluding steroid dienone is 2. The zero-order valence-electron chi connectivity index (χ0n) is 8.18. The van der Waals surface area contributed by atoms with Crippen molar-refractivity contribution in [2.24, 2.45) is 11.3 Å². The Bertz CT molecular complexity index is 180. The Hall–Kier alpha value is -0.260. The summed E-state index contributed by atoms with van der Waals surface area (Å²) in [6, 6.07) is 0. The highest BCUT2D eigenvalue weighted by atomic mass is 14.4. The van der Waals surface area contributed by atoms with Crippen LogP contribution in [0.4, 0.5) is 0 Å². The van der Waals surface area contributed by atoms with E-state index < -0.39 is 0 Å². The minimum atomic E-state index is 0.672. The second-order valence-corrected chi connectivity index (χ2v) is 4.86. The van der Waals surface area contributed by atoms with Crippen LogP contribution in [-0.2, 0) is 0 Å². The first-order valence-electron chi connectivity index (χ1n) is 5.46. The topological polar surface area (TPSA) is 0 Å². The van der Waals surface area contributed by atoms with Gasteiger partial charge in [-0.1, -0.05) is 38.3 Å². The SMILES string of the molecule is CC12CC=CCC1CCCCC2. The van der Waals surface area contributed by atoms with Crippen LogP contribution >= 0.6 is 0 Å². The van der Waals surface area contributed by atoms with Gasteiger partial charge < -0.3 is 0 Å². The lowest BCUT2D eigenvalue weighted by atomic mass is 9.67. The molecule has 2 unspecified atom stereocenters. The fraction of sp³-hybridized carbons (Fsp3) is 0.833. The Morgan fingerprint density at radius 1 is 1.17 bits per heavy atom. The summed E-state index contributed by atoms with van der Waals surface area (Å²) < 4.78 is 0. The van der Waals surface area contributed by atoms with E-state index in [-0.39, 0.29) is 0 Å². The lowest BCUT2D eigenvalue weighted by Gasteiger charge is -2.38. The third kappa shape index (κ3) is 1.44. The van der Waals surface area contributed by atoms with Crippen molar-refractivity contribution in [2.45, 2.75) is 51.9 Å². The molecule has 1 fully saturated rings. The maximum Gasteiger partial charge on any atom is -0.0260 e. The molecule has 1 saturated carbocycles. The summed E-state index contributed by atoms with van der Waals surface area (Å²) in [5.41, 5.74) is 0.672. The van der Waals surface area contributed by atoms with Crippen molar-refractivity contribution >= 4 is 0 Å². The van der Waals surface area contributed by atoms with Crippen LogP contribution in [0.15, 0.2) is 12.2 Å². The number of hydrogen-bond acceptors (Lipinski definition) is 0. The predicted octanol–water partition coefficient (Wildman–Crippen LogP) is 3.92. The van der Waals surface area contributed by atoms with E-state index in [1.165, 1.54) is 44.9 Å². The highest BCUT2D eigenvalue weighted by Crippen LogP contribution is 2.46. The Morgan fingerprint density at radius 2 is 2.08 bits per heavy atom. The molecule has 12 heavy (non-hydrogen) atoms. The molecule has 2 aliphatic rings. The molecule has 2 aliphatic carbocycles. The first kappa shape index (κ1) is 8.34. The van der Waals surface area contributed by atoms with Gasteiger partial charge in [0.25, 0.3) is 0 Å². The first-order chi connectivity index (χ1) is 5.81. The van der Waals surface area contributed by atoms with E-state index in [1.807, 2.05) is 0 Å². The summed E-state index contributed by atoms with van der Waals surface area (Å²) in [5.74, 6) is 1.00. The van der Waals surface area contributed by atoms with Crippen LogP contribution in [0.2, 0.25) is 0 Å². The molecule has 0 aromatic heterocycles. The molecule has 0 N–H and O–H groups in total. The van der Waals surface area contributed by atoms with Gasteiger partial charge in [-0.3, -0.25) is 0 Å². The highest BCUT2D eigenvalue weighted by Gasteiger charge is 2.34. The highest BCUT2D eigenvalue weighted by molar-refractivity contribution is 5.01. The van der Waals surface area contributed by atoms with E-state index in [9.17, 15) is 0 Å². The summed E-state index contributed by atoms with van der Waals surface area (Å²) in [6.07, 6.45) is 14.9. The molecule has 0 saturated heterocycles. The van der Waals surface area contributed by atoms with Gasteiger partial charge in [0.1, 0.15) is 0 Å². The van der Waals surface area contributed by atoms with E-state index in [2.05, 4.69) is 19.1 Å². The van der Waals surface area contributed by atoms with Gasteiger partial charge in [0.15, 0.2) is 0 Å². The Kier molecular flexibility index (Phi) is 2.25.